The Hall–Kier alpha value is -1.26. The Labute approximate surface area is 114 Å². The monoisotopic (exact) mass is 258 g/mol. The van der Waals surface area contributed by atoms with Crippen LogP contribution < -0.4 is 5.46 Å². The first-order chi connectivity index (χ1) is 8.95. The van der Waals surface area contributed by atoms with Crippen LogP contribution in [0.5, 0.6) is 0 Å². The fourth-order valence-electron chi connectivity index (χ4n) is 2.57. The van der Waals surface area contributed by atoms with Crippen molar-refractivity contribution in [3.8, 4) is 0 Å². The molecule has 1 unspecified atom stereocenters. The molecular weight excluding hydrogens is 239 g/mol. The summed E-state index contributed by atoms with van der Waals surface area (Å²) in [5.41, 5.74) is 1.37. The van der Waals surface area contributed by atoms with Gasteiger partial charge in [0.05, 0.1) is 17.5 Å². The predicted molar refractivity (Wildman–Crippen MR) is 76.5 cm³/mol. The Balaban J connectivity index is 1.95. The van der Waals surface area contributed by atoms with E-state index in [-0.39, 0.29) is 18.3 Å². The summed E-state index contributed by atoms with van der Waals surface area (Å²) in [7, 11) is -0.306. The van der Waals surface area contributed by atoms with Crippen LogP contribution in [-0.2, 0) is 9.31 Å². The lowest BCUT2D eigenvalue weighted by Crippen LogP contribution is -2.44. The highest BCUT2D eigenvalue weighted by Gasteiger charge is 2.53. The van der Waals surface area contributed by atoms with Crippen molar-refractivity contribution in [2.75, 3.05) is 0 Å². The second-order valence-corrected chi connectivity index (χ2v) is 5.88. The second kappa shape index (κ2) is 4.12. The highest BCUT2D eigenvalue weighted by molar-refractivity contribution is 6.62. The van der Waals surface area contributed by atoms with Crippen molar-refractivity contribution in [1.82, 2.24) is 0 Å². The maximum Gasteiger partial charge on any atom is 0.494 e. The van der Waals surface area contributed by atoms with Crippen molar-refractivity contribution in [1.29, 1.82) is 0 Å². The first-order valence-electron chi connectivity index (χ1n) is 6.78. The molecule has 1 saturated heterocycles. The molecule has 0 spiro atoms. The molecule has 1 aromatic heterocycles. The average Bonchev–Trinajstić information content (AvgIpc) is 2.92. The summed E-state index contributed by atoms with van der Waals surface area (Å²) >= 11 is 0. The SMILES string of the molecule is CCC1(C)OB(c2ccc3occc3c2)OC1(C)C. The van der Waals surface area contributed by atoms with Gasteiger partial charge in [-0.1, -0.05) is 19.1 Å². The molecule has 19 heavy (non-hydrogen) atoms. The van der Waals surface area contributed by atoms with Gasteiger partial charge in [-0.3, -0.25) is 0 Å². The van der Waals surface area contributed by atoms with E-state index in [0.717, 1.165) is 22.9 Å². The molecule has 2 heterocycles. The zero-order valence-electron chi connectivity index (χ0n) is 11.9. The van der Waals surface area contributed by atoms with E-state index in [1.54, 1.807) is 6.26 Å². The van der Waals surface area contributed by atoms with Crippen LogP contribution in [0.25, 0.3) is 11.0 Å². The van der Waals surface area contributed by atoms with Gasteiger partial charge in [-0.25, -0.2) is 0 Å². The Morgan fingerprint density at radius 2 is 1.89 bits per heavy atom. The lowest BCUT2D eigenvalue weighted by molar-refractivity contribution is -0.0118. The summed E-state index contributed by atoms with van der Waals surface area (Å²) in [4.78, 5) is 0. The van der Waals surface area contributed by atoms with Crippen molar-refractivity contribution in [2.45, 2.75) is 45.3 Å². The predicted octanol–water partition coefficient (Wildman–Crippen LogP) is 3.12. The van der Waals surface area contributed by atoms with Gasteiger partial charge < -0.3 is 13.7 Å². The summed E-state index contributed by atoms with van der Waals surface area (Å²) in [5, 5.41) is 1.08. The van der Waals surface area contributed by atoms with Gasteiger partial charge in [-0.2, -0.15) is 0 Å². The van der Waals surface area contributed by atoms with E-state index in [9.17, 15) is 0 Å². The molecule has 0 aliphatic carbocycles. The maximum atomic E-state index is 6.17. The number of fused-ring (bicyclic) bond motifs is 1. The van der Waals surface area contributed by atoms with Gasteiger partial charge >= 0.3 is 7.12 Å². The zero-order valence-corrected chi connectivity index (χ0v) is 11.9. The van der Waals surface area contributed by atoms with E-state index in [4.69, 9.17) is 13.7 Å². The standard InChI is InChI=1S/C15H19BO3/c1-5-15(4)14(2,3)18-16(19-15)12-6-7-13-11(10-12)8-9-17-13/h6-10H,5H2,1-4H3. The van der Waals surface area contributed by atoms with Crippen molar-refractivity contribution < 1.29 is 13.7 Å². The summed E-state index contributed by atoms with van der Waals surface area (Å²) in [5.74, 6) is 0. The molecule has 1 fully saturated rings. The molecule has 2 aromatic rings. The molecule has 0 saturated carbocycles. The minimum Gasteiger partial charge on any atom is -0.464 e. The highest BCUT2D eigenvalue weighted by Crippen LogP contribution is 2.39. The van der Waals surface area contributed by atoms with Crippen LogP contribution in [0.4, 0.5) is 0 Å². The topological polar surface area (TPSA) is 31.6 Å². The number of benzene rings is 1. The van der Waals surface area contributed by atoms with Crippen LogP contribution in [0.3, 0.4) is 0 Å². The molecule has 100 valence electrons. The number of furan rings is 1. The van der Waals surface area contributed by atoms with E-state index in [1.807, 2.05) is 18.2 Å². The van der Waals surface area contributed by atoms with Crippen LogP contribution >= 0.6 is 0 Å². The highest BCUT2D eigenvalue weighted by atomic mass is 16.7. The molecular formula is C15H19BO3. The summed E-state index contributed by atoms with van der Waals surface area (Å²) in [6.07, 6.45) is 2.62. The van der Waals surface area contributed by atoms with Crippen LogP contribution in [0.1, 0.15) is 34.1 Å². The molecule has 0 radical (unpaired) electrons. The quantitative estimate of drug-likeness (QED) is 0.775. The first-order valence-corrected chi connectivity index (χ1v) is 6.78. The molecule has 3 rings (SSSR count). The van der Waals surface area contributed by atoms with Gasteiger partial charge in [-0.15, -0.1) is 0 Å². The summed E-state index contributed by atoms with van der Waals surface area (Å²) in [6.45, 7) is 8.43. The molecule has 1 aliphatic heterocycles. The summed E-state index contributed by atoms with van der Waals surface area (Å²) < 4.78 is 17.6. The van der Waals surface area contributed by atoms with E-state index in [2.05, 4.69) is 33.8 Å². The third kappa shape index (κ3) is 1.90. The van der Waals surface area contributed by atoms with Crippen LogP contribution in [0.2, 0.25) is 0 Å². The largest absolute Gasteiger partial charge is 0.494 e. The molecule has 4 heteroatoms. The van der Waals surface area contributed by atoms with Crippen LogP contribution in [0, 0.1) is 0 Å². The molecule has 1 aliphatic rings. The third-order valence-electron chi connectivity index (χ3n) is 4.47. The fourth-order valence-corrected chi connectivity index (χ4v) is 2.57. The Kier molecular flexibility index (Phi) is 2.77. The van der Waals surface area contributed by atoms with Gasteiger partial charge in [-0.05, 0) is 44.8 Å². The molecule has 3 nitrogen and oxygen atoms in total. The van der Waals surface area contributed by atoms with Crippen LogP contribution in [-0.4, -0.2) is 18.3 Å². The van der Waals surface area contributed by atoms with Gasteiger partial charge in [0.1, 0.15) is 5.58 Å². The summed E-state index contributed by atoms with van der Waals surface area (Å²) in [6, 6.07) is 8.00. The number of rotatable bonds is 2. The Bertz CT molecular complexity index is 604. The van der Waals surface area contributed by atoms with Crippen molar-refractivity contribution >= 4 is 23.6 Å². The molecule has 1 aromatic carbocycles. The van der Waals surface area contributed by atoms with E-state index >= 15 is 0 Å². The second-order valence-electron chi connectivity index (χ2n) is 5.88. The molecule has 1 atom stereocenters. The lowest BCUT2D eigenvalue weighted by Gasteiger charge is -2.35. The molecule has 0 bridgehead atoms. The minimum atomic E-state index is -0.306. The van der Waals surface area contributed by atoms with Crippen molar-refractivity contribution in [3.63, 3.8) is 0 Å². The van der Waals surface area contributed by atoms with Gasteiger partial charge in [0.15, 0.2) is 0 Å². The maximum absolute atomic E-state index is 6.17. The third-order valence-corrected chi connectivity index (χ3v) is 4.47. The van der Waals surface area contributed by atoms with Crippen molar-refractivity contribution in [2.24, 2.45) is 0 Å². The average molecular weight is 258 g/mol. The molecule has 0 N–H and O–H groups in total. The lowest BCUT2D eigenvalue weighted by atomic mass is 9.79. The van der Waals surface area contributed by atoms with Crippen LogP contribution in [0.15, 0.2) is 34.9 Å². The van der Waals surface area contributed by atoms with E-state index in [1.165, 1.54) is 0 Å². The Morgan fingerprint density at radius 3 is 2.58 bits per heavy atom. The van der Waals surface area contributed by atoms with E-state index in [0.29, 0.717) is 0 Å². The normalized spacial score (nSPS) is 26.2. The van der Waals surface area contributed by atoms with Gasteiger partial charge in [0.25, 0.3) is 0 Å². The van der Waals surface area contributed by atoms with Crippen molar-refractivity contribution in [3.05, 3.63) is 30.5 Å². The van der Waals surface area contributed by atoms with Gasteiger partial charge in [0.2, 0.25) is 0 Å². The Morgan fingerprint density at radius 1 is 1.11 bits per heavy atom. The minimum absolute atomic E-state index is 0.261. The number of hydrogen-bond donors (Lipinski definition) is 0. The fraction of sp³-hybridized carbons (Fsp3) is 0.467. The smallest absolute Gasteiger partial charge is 0.464 e. The zero-order chi connectivity index (χ0) is 13.7. The number of hydrogen-bond acceptors (Lipinski definition) is 3. The molecule has 0 amide bonds. The first kappa shape index (κ1) is 12.8. The van der Waals surface area contributed by atoms with Gasteiger partial charge in [0, 0.05) is 5.39 Å². The van der Waals surface area contributed by atoms with E-state index < -0.39 is 0 Å².